The fourth-order valence-electron chi connectivity index (χ4n) is 2.27. The Bertz CT molecular complexity index is 646. The van der Waals surface area contributed by atoms with Gasteiger partial charge < -0.3 is 5.32 Å². The third kappa shape index (κ3) is 6.00. The highest BCUT2D eigenvalue weighted by atomic mass is 35.5. The topological polar surface area (TPSA) is 32.3 Å². The average molecular weight is 335 g/mol. The number of carbonyl (C=O) groups is 1. The minimum absolute atomic E-state index is 0.0715. The van der Waals surface area contributed by atoms with Crippen LogP contribution in [0.2, 0.25) is 5.02 Å². The van der Waals surface area contributed by atoms with Crippen molar-refractivity contribution in [3.63, 3.8) is 0 Å². The maximum Gasteiger partial charge on any atom is 0.234 e. The molecular formula is C18H20ClFN2O. The third-order valence-corrected chi connectivity index (χ3v) is 3.71. The molecule has 3 nitrogen and oxygen atoms in total. The van der Waals surface area contributed by atoms with E-state index in [4.69, 9.17) is 11.6 Å². The Morgan fingerprint density at radius 2 is 1.87 bits per heavy atom. The number of hydrogen-bond donors (Lipinski definition) is 1. The molecule has 0 bridgehead atoms. The van der Waals surface area contributed by atoms with Crippen LogP contribution in [0.3, 0.4) is 0 Å². The molecule has 1 N–H and O–H groups in total. The SMILES string of the molecule is CN(CC(=O)NCCc1ccc(Cl)cc1)Cc1ccccc1F. The molecule has 0 radical (unpaired) electrons. The minimum atomic E-state index is -0.248. The first-order valence-corrected chi connectivity index (χ1v) is 7.85. The predicted molar refractivity (Wildman–Crippen MR) is 90.9 cm³/mol. The first kappa shape index (κ1) is 17.4. The summed E-state index contributed by atoms with van der Waals surface area (Å²) in [7, 11) is 1.80. The average Bonchev–Trinajstić information content (AvgIpc) is 2.51. The summed E-state index contributed by atoms with van der Waals surface area (Å²) in [6.07, 6.45) is 0.750. The highest BCUT2D eigenvalue weighted by molar-refractivity contribution is 6.30. The van der Waals surface area contributed by atoms with Crippen LogP contribution in [0.25, 0.3) is 0 Å². The van der Waals surface area contributed by atoms with Crippen LogP contribution in [0.15, 0.2) is 48.5 Å². The summed E-state index contributed by atoms with van der Waals surface area (Å²) < 4.78 is 13.6. The lowest BCUT2D eigenvalue weighted by Crippen LogP contribution is -2.36. The summed E-state index contributed by atoms with van der Waals surface area (Å²) >= 11 is 5.83. The second-order valence-corrected chi connectivity index (χ2v) is 5.93. The number of benzene rings is 2. The van der Waals surface area contributed by atoms with Crippen LogP contribution in [0, 0.1) is 5.82 Å². The van der Waals surface area contributed by atoms with E-state index < -0.39 is 0 Å². The van der Waals surface area contributed by atoms with Gasteiger partial charge in [-0.2, -0.15) is 0 Å². The van der Waals surface area contributed by atoms with Crippen molar-refractivity contribution >= 4 is 17.5 Å². The molecule has 0 aliphatic rings. The van der Waals surface area contributed by atoms with Gasteiger partial charge in [0.1, 0.15) is 5.82 Å². The first-order chi connectivity index (χ1) is 11.0. The number of amides is 1. The van der Waals surface area contributed by atoms with Gasteiger partial charge in [0.15, 0.2) is 0 Å². The Labute approximate surface area is 141 Å². The van der Waals surface area contributed by atoms with Crippen molar-refractivity contribution in [1.82, 2.24) is 10.2 Å². The molecular weight excluding hydrogens is 315 g/mol. The second-order valence-electron chi connectivity index (χ2n) is 5.49. The van der Waals surface area contributed by atoms with Gasteiger partial charge in [-0.1, -0.05) is 41.9 Å². The lowest BCUT2D eigenvalue weighted by Gasteiger charge is -2.16. The quantitative estimate of drug-likeness (QED) is 0.843. The molecule has 0 saturated carbocycles. The van der Waals surface area contributed by atoms with E-state index in [9.17, 15) is 9.18 Å². The van der Waals surface area contributed by atoms with E-state index in [2.05, 4.69) is 5.32 Å². The Balaban J connectivity index is 1.72. The van der Waals surface area contributed by atoms with Crippen molar-refractivity contribution in [1.29, 1.82) is 0 Å². The summed E-state index contributed by atoms with van der Waals surface area (Å²) in [4.78, 5) is 13.7. The maximum atomic E-state index is 13.6. The zero-order valence-corrected chi connectivity index (χ0v) is 13.8. The Morgan fingerprint density at radius 3 is 2.57 bits per heavy atom. The summed E-state index contributed by atoms with van der Waals surface area (Å²) in [5, 5.41) is 3.57. The normalized spacial score (nSPS) is 10.8. The molecule has 0 heterocycles. The van der Waals surface area contributed by atoms with Crippen molar-refractivity contribution in [2.45, 2.75) is 13.0 Å². The van der Waals surface area contributed by atoms with E-state index in [0.717, 1.165) is 12.0 Å². The summed E-state index contributed by atoms with van der Waals surface area (Å²) in [6, 6.07) is 14.2. The smallest absolute Gasteiger partial charge is 0.234 e. The molecule has 1 amide bonds. The van der Waals surface area contributed by atoms with Crippen LogP contribution in [0.4, 0.5) is 4.39 Å². The van der Waals surface area contributed by atoms with Gasteiger partial charge in [-0.3, -0.25) is 9.69 Å². The zero-order valence-electron chi connectivity index (χ0n) is 13.1. The molecule has 0 aliphatic carbocycles. The number of nitrogens with one attached hydrogen (secondary N) is 1. The van der Waals surface area contributed by atoms with Crippen LogP contribution in [0.1, 0.15) is 11.1 Å². The van der Waals surface area contributed by atoms with Gasteiger partial charge in [0.05, 0.1) is 6.54 Å². The molecule has 2 rings (SSSR count). The van der Waals surface area contributed by atoms with Crippen LogP contribution in [-0.4, -0.2) is 30.9 Å². The standard InChI is InChI=1S/C18H20ClFN2O/c1-22(12-15-4-2-3-5-17(15)20)13-18(23)21-11-10-14-6-8-16(19)9-7-14/h2-9H,10-13H2,1H3,(H,21,23). The molecule has 5 heteroatoms. The zero-order chi connectivity index (χ0) is 16.7. The van der Waals surface area contributed by atoms with Gasteiger partial charge in [-0.05, 0) is 37.2 Å². The number of hydrogen-bond acceptors (Lipinski definition) is 2. The number of halogens is 2. The van der Waals surface area contributed by atoms with Crippen molar-refractivity contribution in [3.8, 4) is 0 Å². The molecule has 0 atom stereocenters. The van der Waals surface area contributed by atoms with E-state index in [1.54, 1.807) is 30.1 Å². The van der Waals surface area contributed by atoms with Crippen molar-refractivity contribution in [2.24, 2.45) is 0 Å². The van der Waals surface area contributed by atoms with E-state index in [1.807, 2.05) is 24.3 Å². The number of carbonyl (C=O) groups excluding carboxylic acids is 1. The summed E-state index contributed by atoms with van der Waals surface area (Å²) in [6.45, 7) is 1.19. The molecule has 122 valence electrons. The highest BCUT2D eigenvalue weighted by Gasteiger charge is 2.09. The highest BCUT2D eigenvalue weighted by Crippen LogP contribution is 2.10. The number of rotatable bonds is 7. The summed E-state index contributed by atoms with van der Waals surface area (Å²) in [5.41, 5.74) is 1.71. The van der Waals surface area contributed by atoms with Gasteiger partial charge >= 0.3 is 0 Å². The largest absolute Gasteiger partial charge is 0.355 e. The molecule has 0 fully saturated rings. The van der Waals surface area contributed by atoms with E-state index in [1.165, 1.54) is 6.07 Å². The molecule has 0 unspecified atom stereocenters. The lowest BCUT2D eigenvalue weighted by molar-refractivity contribution is -0.122. The Hall–Kier alpha value is -1.91. The fraction of sp³-hybridized carbons (Fsp3) is 0.278. The van der Waals surface area contributed by atoms with Gasteiger partial charge in [0, 0.05) is 23.7 Å². The van der Waals surface area contributed by atoms with Crippen LogP contribution < -0.4 is 5.32 Å². The van der Waals surface area contributed by atoms with E-state index >= 15 is 0 Å². The molecule has 2 aromatic rings. The minimum Gasteiger partial charge on any atom is -0.355 e. The molecule has 23 heavy (non-hydrogen) atoms. The third-order valence-electron chi connectivity index (χ3n) is 3.46. The second kappa shape index (κ2) is 8.65. The number of likely N-dealkylation sites (N-methyl/N-ethyl adjacent to an activating group) is 1. The van der Waals surface area contributed by atoms with Crippen LogP contribution in [-0.2, 0) is 17.8 Å². The molecule has 0 spiro atoms. The molecule has 0 aromatic heterocycles. The fourth-order valence-corrected chi connectivity index (χ4v) is 2.40. The molecule has 0 aliphatic heterocycles. The monoisotopic (exact) mass is 334 g/mol. The predicted octanol–water partition coefficient (Wildman–Crippen LogP) is 3.27. The Kier molecular flexibility index (Phi) is 6.56. The first-order valence-electron chi connectivity index (χ1n) is 7.47. The van der Waals surface area contributed by atoms with Crippen LogP contribution >= 0.6 is 11.6 Å². The Morgan fingerprint density at radius 1 is 1.17 bits per heavy atom. The van der Waals surface area contributed by atoms with Crippen molar-refractivity contribution in [2.75, 3.05) is 20.1 Å². The van der Waals surface area contributed by atoms with Gasteiger partial charge in [-0.15, -0.1) is 0 Å². The molecule has 0 saturated heterocycles. The summed E-state index contributed by atoms with van der Waals surface area (Å²) in [5.74, 6) is -0.319. The van der Waals surface area contributed by atoms with Gasteiger partial charge in [0.25, 0.3) is 0 Å². The lowest BCUT2D eigenvalue weighted by atomic mass is 10.1. The van der Waals surface area contributed by atoms with E-state index in [0.29, 0.717) is 23.7 Å². The van der Waals surface area contributed by atoms with E-state index in [-0.39, 0.29) is 18.3 Å². The van der Waals surface area contributed by atoms with Gasteiger partial charge in [-0.25, -0.2) is 4.39 Å². The van der Waals surface area contributed by atoms with Crippen molar-refractivity contribution in [3.05, 3.63) is 70.5 Å². The number of nitrogens with zero attached hydrogens (tertiary/aromatic N) is 1. The van der Waals surface area contributed by atoms with Crippen molar-refractivity contribution < 1.29 is 9.18 Å². The molecule has 2 aromatic carbocycles. The maximum absolute atomic E-state index is 13.6. The van der Waals surface area contributed by atoms with Gasteiger partial charge in [0.2, 0.25) is 5.91 Å². The van der Waals surface area contributed by atoms with Crippen LogP contribution in [0.5, 0.6) is 0 Å².